The Balaban J connectivity index is 1.60. The summed E-state index contributed by atoms with van der Waals surface area (Å²) in [4.78, 5) is 13.9. The van der Waals surface area contributed by atoms with Crippen molar-refractivity contribution in [1.82, 2.24) is 4.90 Å². The van der Waals surface area contributed by atoms with E-state index in [0.29, 0.717) is 5.92 Å². The quantitative estimate of drug-likeness (QED) is 0.675. The number of hydrogen-bond donors (Lipinski definition) is 0. The highest BCUT2D eigenvalue weighted by Gasteiger charge is 2.50. The summed E-state index contributed by atoms with van der Waals surface area (Å²) >= 11 is 3.37. The van der Waals surface area contributed by atoms with Crippen molar-refractivity contribution in [3.63, 3.8) is 0 Å². The second-order valence-electron chi connectivity index (χ2n) is 7.98. The molecule has 1 aliphatic carbocycles. The number of nitrogens with zero attached hydrogens (tertiary/aromatic N) is 1. The molecule has 5 heteroatoms. The van der Waals surface area contributed by atoms with Gasteiger partial charge in [-0.3, -0.25) is 0 Å². The summed E-state index contributed by atoms with van der Waals surface area (Å²) in [6.07, 6.45) is 2.94. The zero-order chi connectivity index (χ0) is 16.8. The van der Waals surface area contributed by atoms with Crippen LogP contribution in [0.4, 0.5) is 9.18 Å². The van der Waals surface area contributed by atoms with Crippen molar-refractivity contribution in [3.05, 3.63) is 34.1 Å². The van der Waals surface area contributed by atoms with E-state index in [-0.39, 0.29) is 17.3 Å². The number of carbonyl (C=O) groups is 1. The molecule has 1 saturated heterocycles. The third-order valence-electron chi connectivity index (χ3n) is 4.76. The average Bonchev–Trinajstić information content (AvgIpc) is 2.78. The lowest BCUT2D eigenvalue weighted by Crippen LogP contribution is -2.58. The van der Waals surface area contributed by atoms with Crippen LogP contribution in [-0.4, -0.2) is 29.7 Å². The summed E-state index contributed by atoms with van der Waals surface area (Å²) in [6, 6.07) is 5.14. The van der Waals surface area contributed by atoms with Crippen molar-refractivity contribution < 1.29 is 13.9 Å². The van der Waals surface area contributed by atoms with E-state index < -0.39 is 5.60 Å². The molecule has 0 bridgehead atoms. The predicted molar refractivity (Wildman–Crippen MR) is 90.9 cm³/mol. The first-order chi connectivity index (χ1) is 10.7. The van der Waals surface area contributed by atoms with Crippen LogP contribution >= 0.6 is 15.9 Å². The van der Waals surface area contributed by atoms with Gasteiger partial charge in [-0.1, -0.05) is 15.9 Å². The van der Waals surface area contributed by atoms with E-state index in [1.54, 1.807) is 11.0 Å². The molecular weight excluding hydrogens is 361 g/mol. The summed E-state index contributed by atoms with van der Waals surface area (Å²) in [7, 11) is 0. The summed E-state index contributed by atoms with van der Waals surface area (Å²) in [6.45, 7) is 7.17. The maximum absolute atomic E-state index is 13.6. The number of hydrogen-bond acceptors (Lipinski definition) is 2. The molecule has 0 aromatic heterocycles. The predicted octanol–water partition coefficient (Wildman–Crippen LogP) is 5.09. The van der Waals surface area contributed by atoms with Gasteiger partial charge in [-0.15, -0.1) is 0 Å². The molecular formula is C18H23BrFNO2. The highest BCUT2D eigenvalue weighted by molar-refractivity contribution is 9.10. The maximum atomic E-state index is 13.6. The van der Waals surface area contributed by atoms with Gasteiger partial charge in [-0.25, -0.2) is 9.18 Å². The topological polar surface area (TPSA) is 29.5 Å². The molecule has 2 fully saturated rings. The molecule has 0 radical (unpaired) electrons. The lowest BCUT2D eigenvalue weighted by Gasteiger charge is -2.48. The summed E-state index contributed by atoms with van der Waals surface area (Å²) in [5, 5.41) is 0. The van der Waals surface area contributed by atoms with Gasteiger partial charge in [0.15, 0.2) is 0 Å². The van der Waals surface area contributed by atoms with Gasteiger partial charge in [-0.05, 0) is 69.7 Å². The zero-order valence-corrected chi connectivity index (χ0v) is 15.5. The van der Waals surface area contributed by atoms with Gasteiger partial charge < -0.3 is 9.64 Å². The van der Waals surface area contributed by atoms with Crippen LogP contribution in [0.2, 0.25) is 0 Å². The second-order valence-corrected chi connectivity index (χ2v) is 8.89. The van der Waals surface area contributed by atoms with E-state index in [2.05, 4.69) is 15.9 Å². The number of amides is 1. The van der Waals surface area contributed by atoms with E-state index in [1.807, 2.05) is 26.8 Å². The number of carbonyl (C=O) groups excluding carboxylic acids is 1. The molecule has 23 heavy (non-hydrogen) atoms. The maximum Gasteiger partial charge on any atom is 0.410 e. The molecule has 2 aliphatic rings. The van der Waals surface area contributed by atoms with Crippen LogP contribution in [0.1, 0.15) is 51.5 Å². The van der Waals surface area contributed by atoms with E-state index in [1.165, 1.54) is 6.07 Å². The number of ether oxygens (including phenoxy) is 1. The smallest absolute Gasteiger partial charge is 0.410 e. The molecule has 1 aliphatic heterocycles. The van der Waals surface area contributed by atoms with E-state index in [0.717, 1.165) is 42.4 Å². The fourth-order valence-electron chi connectivity index (χ4n) is 3.81. The first kappa shape index (κ1) is 16.7. The average molecular weight is 384 g/mol. The van der Waals surface area contributed by atoms with Gasteiger partial charge in [0.05, 0.1) is 0 Å². The lowest BCUT2D eigenvalue weighted by atomic mass is 9.77. The number of likely N-dealkylation sites (tertiary alicyclic amines) is 1. The van der Waals surface area contributed by atoms with Crippen LogP contribution in [0.15, 0.2) is 22.7 Å². The van der Waals surface area contributed by atoms with Gasteiger partial charge >= 0.3 is 6.09 Å². The van der Waals surface area contributed by atoms with Gasteiger partial charge in [0.1, 0.15) is 11.4 Å². The Bertz CT molecular complexity index is 600. The molecule has 1 aromatic rings. The van der Waals surface area contributed by atoms with Crippen molar-refractivity contribution in [2.45, 2.75) is 51.6 Å². The molecule has 126 valence electrons. The van der Waals surface area contributed by atoms with Crippen LogP contribution in [0, 0.1) is 11.2 Å². The first-order valence-electron chi connectivity index (χ1n) is 8.10. The van der Waals surface area contributed by atoms with Crippen molar-refractivity contribution in [2.75, 3.05) is 13.1 Å². The largest absolute Gasteiger partial charge is 0.444 e. The van der Waals surface area contributed by atoms with Crippen LogP contribution in [0.5, 0.6) is 0 Å². The monoisotopic (exact) mass is 383 g/mol. The molecule has 0 N–H and O–H groups in total. The minimum absolute atomic E-state index is 0.195. The minimum atomic E-state index is -0.452. The normalized spacial score (nSPS) is 23.0. The molecule has 1 aromatic carbocycles. The van der Waals surface area contributed by atoms with Crippen molar-refractivity contribution in [3.8, 4) is 0 Å². The van der Waals surface area contributed by atoms with E-state index >= 15 is 0 Å². The summed E-state index contributed by atoms with van der Waals surface area (Å²) < 4.78 is 19.8. The Kier molecular flexibility index (Phi) is 4.20. The Morgan fingerprint density at radius 2 is 2.04 bits per heavy atom. The molecule has 1 spiro atoms. The third kappa shape index (κ3) is 3.70. The number of rotatable bonds is 1. The second kappa shape index (κ2) is 5.76. The molecule has 1 unspecified atom stereocenters. The summed E-state index contributed by atoms with van der Waals surface area (Å²) in [5.74, 6) is 0.183. The minimum Gasteiger partial charge on any atom is -0.444 e. The zero-order valence-electron chi connectivity index (χ0n) is 13.9. The number of halogens is 2. The highest BCUT2D eigenvalue weighted by Crippen LogP contribution is 2.52. The van der Waals surface area contributed by atoms with Gasteiger partial charge in [0, 0.05) is 23.0 Å². The molecule has 1 heterocycles. The highest BCUT2D eigenvalue weighted by atomic mass is 79.9. The molecule has 3 nitrogen and oxygen atoms in total. The molecule has 3 rings (SSSR count). The Hall–Kier alpha value is -1.10. The molecule has 1 saturated carbocycles. The van der Waals surface area contributed by atoms with Gasteiger partial charge in [0.25, 0.3) is 0 Å². The Morgan fingerprint density at radius 3 is 2.65 bits per heavy atom. The summed E-state index contributed by atoms with van der Waals surface area (Å²) in [5.41, 5.74) is 0.802. The standard InChI is InChI=1S/C18H23BrFNO2/c1-17(2,3)23-16(22)21-10-18(11-21)5-4-12(9-18)13-6-14(19)8-15(20)7-13/h6-8,12H,4-5,9-11H2,1-3H3. The SMILES string of the molecule is CC(C)(C)OC(=O)N1CC2(CCC(c3cc(F)cc(Br)c3)C2)C1. The van der Waals surface area contributed by atoms with Crippen LogP contribution in [0.25, 0.3) is 0 Å². The van der Waals surface area contributed by atoms with Crippen LogP contribution in [0.3, 0.4) is 0 Å². The third-order valence-corrected chi connectivity index (χ3v) is 5.22. The van der Waals surface area contributed by atoms with Gasteiger partial charge in [-0.2, -0.15) is 0 Å². The van der Waals surface area contributed by atoms with Crippen molar-refractivity contribution in [1.29, 1.82) is 0 Å². The van der Waals surface area contributed by atoms with E-state index in [4.69, 9.17) is 4.74 Å². The van der Waals surface area contributed by atoms with Crippen molar-refractivity contribution in [2.24, 2.45) is 5.41 Å². The first-order valence-corrected chi connectivity index (χ1v) is 8.89. The Labute approximate surface area is 145 Å². The molecule has 1 amide bonds. The van der Waals surface area contributed by atoms with Crippen LogP contribution < -0.4 is 0 Å². The van der Waals surface area contributed by atoms with E-state index in [9.17, 15) is 9.18 Å². The fourth-order valence-corrected chi connectivity index (χ4v) is 4.29. The Morgan fingerprint density at radius 1 is 1.35 bits per heavy atom. The lowest BCUT2D eigenvalue weighted by molar-refractivity contribution is -0.0323. The van der Waals surface area contributed by atoms with Gasteiger partial charge in [0.2, 0.25) is 0 Å². The van der Waals surface area contributed by atoms with Crippen LogP contribution in [-0.2, 0) is 4.74 Å². The van der Waals surface area contributed by atoms with Crippen molar-refractivity contribution >= 4 is 22.0 Å². The number of benzene rings is 1. The molecule has 1 atom stereocenters. The fraction of sp³-hybridized carbons (Fsp3) is 0.611.